The summed E-state index contributed by atoms with van der Waals surface area (Å²) < 4.78 is 0. The lowest BCUT2D eigenvalue weighted by molar-refractivity contribution is 0.0946. The second-order valence-electron chi connectivity index (χ2n) is 5.54. The van der Waals surface area contributed by atoms with Crippen LogP contribution in [0.5, 0.6) is 0 Å². The van der Waals surface area contributed by atoms with Gasteiger partial charge in [0.05, 0.1) is 11.9 Å². The highest BCUT2D eigenvalue weighted by atomic mass is 16.1. The minimum absolute atomic E-state index is 0.138. The van der Waals surface area contributed by atoms with Crippen molar-refractivity contribution in [1.29, 1.82) is 0 Å². The number of nitrogens with zero attached hydrogens (tertiary/aromatic N) is 3. The Morgan fingerprint density at radius 2 is 1.83 bits per heavy atom. The van der Waals surface area contributed by atoms with Crippen LogP contribution in [-0.4, -0.2) is 49.5 Å². The number of carbonyl (C=O) groups is 1. The average Bonchev–Trinajstić information content (AvgIpc) is 2.57. The SMILES string of the molecule is CCN(c1ccccc1)c1ccc(C(=O)NCCN(C)C)nc1. The van der Waals surface area contributed by atoms with Gasteiger partial charge in [-0.3, -0.25) is 4.79 Å². The van der Waals surface area contributed by atoms with Crippen LogP contribution in [0.1, 0.15) is 17.4 Å². The molecule has 0 fully saturated rings. The average molecular weight is 312 g/mol. The number of nitrogens with one attached hydrogen (secondary N) is 1. The van der Waals surface area contributed by atoms with Crippen LogP contribution in [0.25, 0.3) is 0 Å². The number of para-hydroxylation sites is 1. The molecular formula is C18H24N4O. The van der Waals surface area contributed by atoms with Crippen LogP contribution in [0.2, 0.25) is 0 Å². The molecule has 1 N–H and O–H groups in total. The number of rotatable bonds is 7. The molecule has 1 aromatic carbocycles. The molecule has 0 spiro atoms. The summed E-state index contributed by atoms with van der Waals surface area (Å²) >= 11 is 0. The van der Waals surface area contributed by atoms with Gasteiger partial charge in [0.25, 0.3) is 5.91 Å². The monoisotopic (exact) mass is 312 g/mol. The summed E-state index contributed by atoms with van der Waals surface area (Å²) in [6, 6.07) is 13.8. The van der Waals surface area contributed by atoms with Gasteiger partial charge in [0.1, 0.15) is 5.69 Å². The maximum Gasteiger partial charge on any atom is 0.269 e. The quantitative estimate of drug-likeness (QED) is 0.853. The largest absolute Gasteiger partial charge is 0.349 e. The van der Waals surface area contributed by atoms with Gasteiger partial charge in [-0.25, -0.2) is 4.98 Å². The highest BCUT2D eigenvalue weighted by molar-refractivity contribution is 5.92. The topological polar surface area (TPSA) is 48.5 Å². The molecule has 5 heteroatoms. The number of hydrogen-bond donors (Lipinski definition) is 1. The van der Waals surface area contributed by atoms with E-state index in [1.807, 2.05) is 43.3 Å². The predicted molar refractivity (Wildman–Crippen MR) is 94.2 cm³/mol. The van der Waals surface area contributed by atoms with Crippen molar-refractivity contribution in [3.8, 4) is 0 Å². The molecule has 0 unspecified atom stereocenters. The van der Waals surface area contributed by atoms with Gasteiger partial charge in [-0.15, -0.1) is 0 Å². The van der Waals surface area contributed by atoms with E-state index in [0.717, 1.165) is 24.5 Å². The summed E-state index contributed by atoms with van der Waals surface area (Å²) in [7, 11) is 3.95. The third-order valence-corrected chi connectivity index (χ3v) is 3.52. The molecule has 1 heterocycles. The lowest BCUT2D eigenvalue weighted by Gasteiger charge is -2.23. The van der Waals surface area contributed by atoms with Crippen molar-refractivity contribution in [2.45, 2.75) is 6.92 Å². The molecule has 0 saturated heterocycles. The Labute approximate surface area is 137 Å². The zero-order chi connectivity index (χ0) is 16.7. The molecule has 122 valence electrons. The predicted octanol–water partition coefficient (Wildman–Crippen LogP) is 2.53. The van der Waals surface area contributed by atoms with E-state index in [1.54, 1.807) is 12.3 Å². The van der Waals surface area contributed by atoms with Gasteiger partial charge in [-0.1, -0.05) is 18.2 Å². The number of benzene rings is 1. The fourth-order valence-electron chi connectivity index (χ4n) is 2.29. The standard InChI is InChI=1S/C18H24N4O/c1-4-22(15-8-6-5-7-9-15)16-10-11-17(20-14-16)18(23)19-12-13-21(2)3/h5-11,14H,4,12-13H2,1-3H3,(H,19,23). The molecular weight excluding hydrogens is 288 g/mol. The lowest BCUT2D eigenvalue weighted by Crippen LogP contribution is -2.31. The second kappa shape index (κ2) is 8.29. The first-order chi connectivity index (χ1) is 11.1. The Morgan fingerprint density at radius 1 is 1.09 bits per heavy atom. The summed E-state index contributed by atoms with van der Waals surface area (Å²) in [5.74, 6) is -0.138. The minimum Gasteiger partial charge on any atom is -0.349 e. The normalized spacial score (nSPS) is 10.6. The van der Waals surface area contributed by atoms with Gasteiger partial charge in [-0.05, 0) is 45.3 Å². The summed E-state index contributed by atoms with van der Waals surface area (Å²) in [5.41, 5.74) is 2.53. The van der Waals surface area contributed by atoms with E-state index in [9.17, 15) is 4.79 Å². The first kappa shape index (κ1) is 17.0. The molecule has 0 aliphatic heterocycles. The minimum atomic E-state index is -0.138. The van der Waals surface area contributed by atoms with Crippen molar-refractivity contribution in [3.05, 3.63) is 54.4 Å². The zero-order valence-electron chi connectivity index (χ0n) is 14.0. The van der Waals surface area contributed by atoms with Crippen molar-refractivity contribution in [2.75, 3.05) is 38.6 Å². The van der Waals surface area contributed by atoms with E-state index in [-0.39, 0.29) is 5.91 Å². The highest BCUT2D eigenvalue weighted by Crippen LogP contribution is 2.23. The summed E-state index contributed by atoms with van der Waals surface area (Å²) in [4.78, 5) is 20.5. The summed E-state index contributed by atoms with van der Waals surface area (Å²) in [6.07, 6.45) is 1.75. The number of amides is 1. The smallest absolute Gasteiger partial charge is 0.269 e. The molecule has 0 aliphatic carbocycles. The Bertz CT molecular complexity index is 611. The number of carbonyl (C=O) groups excluding carboxylic acids is 1. The van der Waals surface area contributed by atoms with Gasteiger partial charge in [0.15, 0.2) is 0 Å². The Hall–Kier alpha value is -2.40. The lowest BCUT2D eigenvalue weighted by atomic mass is 10.2. The molecule has 0 saturated carbocycles. The van der Waals surface area contributed by atoms with Gasteiger partial charge in [0, 0.05) is 25.3 Å². The van der Waals surface area contributed by atoms with Crippen LogP contribution in [0, 0.1) is 0 Å². The second-order valence-corrected chi connectivity index (χ2v) is 5.54. The van der Waals surface area contributed by atoms with Crippen LogP contribution in [-0.2, 0) is 0 Å². The van der Waals surface area contributed by atoms with E-state index in [1.165, 1.54) is 0 Å². The molecule has 1 aromatic heterocycles. The van der Waals surface area contributed by atoms with Crippen LogP contribution in [0.4, 0.5) is 11.4 Å². The zero-order valence-corrected chi connectivity index (χ0v) is 14.0. The van der Waals surface area contributed by atoms with Gasteiger partial charge >= 0.3 is 0 Å². The first-order valence-corrected chi connectivity index (χ1v) is 7.83. The molecule has 5 nitrogen and oxygen atoms in total. The third kappa shape index (κ3) is 4.79. The summed E-state index contributed by atoms with van der Waals surface area (Å²) in [6.45, 7) is 4.34. The van der Waals surface area contributed by atoms with Crippen molar-refractivity contribution >= 4 is 17.3 Å². The van der Waals surface area contributed by atoms with Crippen LogP contribution in [0.3, 0.4) is 0 Å². The Morgan fingerprint density at radius 3 is 2.39 bits per heavy atom. The van der Waals surface area contributed by atoms with Gasteiger partial charge in [0.2, 0.25) is 0 Å². The van der Waals surface area contributed by atoms with Crippen molar-refractivity contribution < 1.29 is 4.79 Å². The van der Waals surface area contributed by atoms with E-state index in [0.29, 0.717) is 12.2 Å². The van der Waals surface area contributed by atoms with E-state index >= 15 is 0 Å². The van der Waals surface area contributed by atoms with Gasteiger partial charge in [-0.2, -0.15) is 0 Å². The maximum absolute atomic E-state index is 12.0. The van der Waals surface area contributed by atoms with Crippen molar-refractivity contribution in [2.24, 2.45) is 0 Å². The molecule has 0 radical (unpaired) electrons. The number of pyridine rings is 1. The van der Waals surface area contributed by atoms with E-state index in [4.69, 9.17) is 0 Å². The number of likely N-dealkylation sites (N-methyl/N-ethyl adjacent to an activating group) is 1. The van der Waals surface area contributed by atoms with Crippen LogP contribution >= 0.6 is 0 Å². The third-order valence-electron chi connectivity index (χ3n) is 3.52. The molecule has 2 rings (SSSR count). The molecule has 0 atom stereocenters. The van der Waals surface area contributed by atoms with E-state index < -0.39 is 0 Å². The molecule has 23 heavy (non-hydrogen) atoms. The first-order valence-electron chi connectivity index (χ1n) is 7.83. The Kier molecular flexibility index (Phi) is 6.11. The fraction of sp³-hybridized carbons (Fsp3) is 0.333. The van der Waals surface area contributed by atoms with Crippen molar-refractivity contribution in [1.82, 2.24) is 15.2 Å². The molecule has 1 amide bonds. The number of anilines is 2. The fourth-order valence-corrected chi connectivity index (χ4v) is 2.29. The number of hydrogen-bond acceptors (Lipinski definition) is 4. The van der Waals surface area contributed by atoms with Crippen LogP contribution < -0.4 is 10.2 Å². The number of aromatic nitrogens is 1. The highest BCUT2D eigenvalue weighted by Gasteiger charge is 2.10. The van der Waals surface area contributed by atoms with E-state index in [2.05, 4.69) is 34.3 Å². The molecule has 0 aliphatic rings. The van der Waals surface area contributed by atoms with Crippen molar-refractivity contribution in [3.63, 3.8) is 0 Å². The summed E-state index contributed by atoms with van der Waals surface area (Å²) in [5, 5.41) is 2.87. The molecule has 0 bridgehead atoms. The maximum atomic E-state index is 12.0. The van der Waals surface area contributed by atoms with Gasteiger partial charge < -0.3 is 15.1 Å². The van der Waals surface area contributed by atoms with Crippen LogP contribution in [0.15, 0.2) is 48.7 Å². The molecule has 2 aromatic rings. The Balaban J connectivity index is 2.05.